The summed E-state index contributed by atoms with van der Waals surface area (Å²) in [4.78, 5) is 28.2. The lowest BCUT2D eigenvalue weighted by molar-refractivity contribution is -0.139. The molecule has 2 amide bonds. The number of anilines is 1. The molecule has 0 aromatic heterocycles. The van der Waals surface area contributed by atoms with Gasteiger partial charge in [-0.1, -0.05) is 36.8 Å². The molecule has 0 saturated carbocycles. The first kappa shape index (κ1) is 30.6. The Kier molecular flexibility index (Phi) is 10.3. The molecule has 3 aromatic carbocycles. The minimum atomic E-state index is -4.26. The van der Waals surface area contributed by atoms with Gasteiger partial charge in [0.25, 0.3) is 10.0 Å². The molecule has 0 heterocycles. The predicted molar refractivity (Wildman–Crippen MR) is 153 cm³/mol. The van der Waals surface area contributed by atoms with E-state index in [9.17, 15) is 22.4 Å². The van der Waals surface area contributed by atoms with Crippen molar-refractivity contribution in [2.45, 2.75) is 57.6 Å². The molecular weight excluding hydrogens is 533 g/mol. The van der Waals surface area contributed by atoms with Gasteiger partial charge in [-0.2, -0.15) is 0 Å². The van der Waals surface area contributed by atoms with Crippen molar-refractivity contribution >= 4 is 27.5 Å². The lowest BCUT2D eigenvalue weighted by Crippen LogP contribution is -2.52. The first-order chi connectivity index (χ1) is 19.0. The van der Waals surface area contributed by atoms with Crippen LogP contribution in [0.3, 0.4) is 0 Å². The molecule has 0 aliphatic heterocycles. The number of nitrogens with one attached hydrogen (secondary N) is 1. The Bertz CT molecular complexity index is 1390. The van der Waals surface area contributed by atoms with Gasteiger partial charge in [0.2, 0.25) is 11.8 Å². The number of hydrogen-bond acceptors (Lipinski definition) is 5. The molecule has 0 fully saturated rings. The minimum absolute atomic E-state index is 0.0657. The Morgan fingerprint density at radius 2 is 1.55 bits per heavy atom. The highest BCUT2D eigenvalue weighted by Gasteiger charge is 2.32. The molecule has 10 heteroatoms. The van der Waals surface area contributed by atoms with Crippen molar-refractivity contribution in [3.63, 3.8) is 0 Å². The summed E-state index contributed by atoms with van der Waals surface area (Å²) < 4.78 is 47.3. The molecule has 0 bridgehead atoms. The second-order valence-electron chi connectivity index (χ2n) is 9.66. The van der Waals surface area contributed by atoms with Crippen molar-refractivity contribution in [2.75, 3.05) is 18.0 Å². The number of sulfonamides is 1. The minimum Gasteiger partial charge on any atom is -0.497 e. The Balaban J connectivity index is 2.01. The molecule has 8 nitrogen and oxygen atoms in total. The van der Waals surface area contributed by atoms with Crippen LogP contribution in [0.1, 0.15) is 38.3 Å². The molecule has 0 aliphatic rings. The zero-order chi connectivity index (χ0) is 29.4. The normalized spacial score (nSPS) is 12.8. The fraction of sp³-hybridized carbons (Fsp3) is 0.333. The van der Waals surface area contributed by atoms with E-state index < -0.39 is 34.3 Å². The summed E-state index contributed by atoms with van der Waals surface area (Å²) in [5, 5.41) is 2.90. The van der Waals surface area contributed by atoms with Gasteiger partial charge in [-0.15, -0.1) is 0 Å². The number of amides is 2. The van der Waals surface area contributed by atoms with Crippen LogP contribution in [0.2, 0.25) is 0 Å². The summed E-state index contributed by atoms with van der Waals surface area (Å²) in [5.74, 6) is -0.864. The fourth-order valence-electron chi connectivity index (χ4n) is 3.95. The number of rotatable bonds is 12. The number of ether oxygens (including phenoxy) is 1. The van der Waals surface area contributed by atoms with Crippen LogP contribution >= 0.6 is 0 Å². The molecule has 0 saturated heterocycles. The van der Waals surface area contributed by atoms with Crippen LogP contribution < -0.4 is 14.4 Å². The number of halogens is 1. The largest absolute Gasteiger partial charge is 0.497 e. The van der Waals surface area contributed by atoms with Crippen molar-refractivity contribution in [1.29, 1.82) is 0 Å². The molecule has 0 spiro atoms. The Morgan fingerprint density at radius 1 is 0.950 bits per heavy atom. The Morgan fingerprint density at radius 3 is 2.10 bits per heavy atom. The van der Waals surface area contributed by atoms with E-state index in [1.165, 1.54) is 4.90 Å². The van der Waals surface area contributed by atoms with Crippen LogP contribution in [0.15, 0.2) is 77.7 Å². The summed E-state index contributed by atoms with van der Waals surface area (Å²) in [6, 6.07) is 17.2. The monoisotopic (exact) mass is 569 g/mol. The third-order valence-corrected chi connectivity index (χ3v) is 8.47. The fourth-order valence-corrected chi connectivity index (χ4v) is 5.36. The lowest BCUT2D eigenvalue weighted by atomic mass is 10.1. The van der Waals surface area contributed by atoms with Crippen LogP contribution in [-0.2, 0) is 26.2 Å². The second-order valence-corrected chi connectivity index (χ2v) is 11.5. The van der Waals surface area contributed by atoms with Crippen LogP contribution in [0, 0.1) is 12.7 Å². The van der Waals surface area contributed by atoms with E-state index in [1.807, 2.05) is 20.8 Å². The molecule has 214 valence electrons. The summed E-state index contributed by atoms with van der Waals surface area (Å²) in [6.45, 7) is 6.78. The average Bonchev–Trinajstić information content (AvgIpc) is 2.95. The van der Waals surface area contributed by atoms with E-state index in [0.29, 0.717) is 12.2 Å². The van der Waals surface area contributed by atoms with Crippen LogP contribution in [-0.4, -0.2) is 50.9 Å². The maximum absolute atomic E-state index is 13.9. The quantitative estimate of drug-likeness (QED) is 0.342. The van der Waals surface area contributed by atoms with Gasteiger partial charge in [0.1, 0.15) is 24.2 Å². The summed E-state index contributed by atoms with van der Waals surface area (Å²) in [7, 11) is -2.71. The third kappa shape index (κ3) is 7.59. The number of methoxy groups -OCH3 is 1. The molecule has 1 N–H and O–H groups in total. The van der Waals surface area contributed by atoms with Gasteiger partial charge in [-0.25, -0.2) is 12.8 Å². The molecule has 3 rings (SSSR count). The number of aryl methyl sites for hydroxylation is 1. The van der Waals surface area contributed by atoms with Crippen molar-refractivity contribution in [1.82, 2.24) is 10.2 Å². The van der Waals surface area contributed by atoms with Gasteiger partial charge in [0.05, 0.1) is 17.7 Å². The van der Waals surface area contributed by atoms with E-state index in [-0.39, 0.29) is 29.1 Å². The first-order valence-electron chi connectivity index (χ1n) is 13.0. The summed E-state index contributed by atoms with van der Waals surface area (Å²) in [6.07, 6.45) is 0.710. The van der Waals surface area contributed by atoms with Crippen molar-refractivity contribution in [2.24, 2.45) is 0 Å². The van der Waals surface area contributed by atoms with E-state index in [1.54, 1.807) is 62.6 Å². The smallest absolute Gasteiger partial charge is 0.264 e. The third-order valence-electron chi connectivity index (χ3n) is 6.68. The zero-order valence-electron chi connectivity index (χ0n) is 23.4. The van der Waals surface area contributed by atoms with E-state index in [4.69, 9.17) is 4.74 Å². The van der Waals surface area contributed by atoms with Gasteiger partial charge in [-0.05, 0) is 81.3 Å². The number of carbonyl (C=O) groups is 2. The highest BCUT2D eigenvalue weighted by atomic mass is 32.2. The molecule has 2 atom stereocenters. The van der Waals surface area contributed by atoms with Crippen molar-refractivity contribution in [3.05, 3.63) is 89.7 Å². The van der Waals surface area contributed by atoms with Gasteiger partial charge in [0.15, 0.2) is 0 Å². The highest BCUT2D eigenvalue weighted by Crippen LogP contribution is 2.25. The average molecular weight is 570 g/mol. The number of nitrogens with zero attached hydrogens (tertiary/aromatic N) is 2. The van der Waals surface area contributed by atoms with Gasteiger partial charge < -0.3 is 15.0 Å². The molecule has 0 radical (unpaired) electrons. The van der Waals surface area contributed by atoms with Gasteiger partial charge >= 0.3 is 0 Å². The SMILES string of the molecule is CC[C@@H](C)NC(=O)[C@@H](C)N(Cc1ccc(OC)cc1)C(=O)CN(c1ccc(C)cc1)S(=O)(=O)c1ccc(F)cc1. The Labute approximate surface area is 235 Å². The number of benzene rings is 3. The van der Waals surface area contributed by atoms with Crippen LogP contribution in [0.5, 0.6) is 5.75 Å². The van der Waals surface area contributed by atoms with E-state index in [0.717, 1.165) is 39.7 Å². The molecule has 0 unspecified atom stereocenters. The van der Waals surface area contributed by atoms with Gasteiger partial charge in [0, 0.05) is 12.6 Å². The number of carbonyl (C=O) groups excluding carboxylic acids is 2. The standard InChI is InChI=1S/C30H36FN3O5S/c1-6-22(3)32-30(36)23(4)33(19-24-9-15-27(39-5)16-10-24)29(35)20-34(26-13-7-21(2)8-14-26)40(37,38)28-17-11-25(31)12-18-28/h7-18,22-23H,6,19-20H2,1-5H3,(H,32,36)/t22-,23-/m1/s1. The predicted octanol–water partition coefficient (Wildman–Crippen LogP) is 4.67. The molecule has 3 aromatic rings. The zero-order valence-corrected chi connectivity index (χ0v) is 24.2. The maximum Gasteiger partial charge on any atom is 0.264 e. The maximum atomic E-state index is 13.9. The first-order valence-corrected chi connectivity index (χ1v) is 14.5. The van der Waals surface area contributed by atoms with Crippen molar-refractivity contribution in [3.8, 4) is 5.75 Å². The van der Waals surface area contributed by atoms with Crippen molar-refractivity contribution < 1.29 is 27.1 Å². The lowest BCUT2D eigenvalue weighted by Gasteiger charge is -2.32. The Hall–Kier alpha value is -3.92. The van der Waals surface area contributed by atoms with E-state index in [2.05, 4.69) is 5.32 Å². The van der Waals surface area contributed by atoms with E-state index >= 15 is 0 Å². The highest BCUT2D eigenvalue weighted by molar-refractivity contribution is 7.92. The summed E-state index contributed by atoms with van der Waals surface area (Å²) in [5.41, 5.74) is 1.91. The molecule has 0 aliphatic carbocycles. The van der Waals surface area contributed by atoms with Gasteiger partial charge in [-0.3, -0.25) is 13.9 Å². The van der Waals surface area contributed by atoms with Crippen LogP contribution in [0.25, 0.3) is 0 Å². The summed E-state index contributed by atoms with van der Waals surface area (Å²) >= 11 is 0. The van der Waals surface area contributed by atoms with Crippen LogP contribution in [0.4, 0.5) is 10.1 Å². The number of hydrogen-bond donors (Lipinski definition) is 1. The second kappa shape index (κ2) is 13.4. The topological polar surface area (TPSA) is 96.0 Å². The molecular formula is C30H36FN3O5S. The molecule has 40 heavy (non-hydrogen) atoms.